The molecule has 238 valence electrons. The van der Waals surface area contributed by atoms with Crippen LogP contribution < -0.4 is 0 Å². The maximum absolute atomic E-state index is 6.99. The molecule has 0 fully saturated rings. The minimum atomic E-state index is -0.448. The predicted octanol–water partition coefficient (Wildman–Crippen LogP) is 12.8. The molecule has 0 saturated heterocycles. The summed E-state index contributed by atoms with van der Waals surface area (Å²) >= 11 is 1.83. The van der Waals surface area contributed by atoms with Crippen LogP contribution in [0.5, 0.6) is 0 Å². The molecule has 0 N–H and O–H groups in total. The van der Waals surface area contributed by atoms with Gasteiger partial charge >= 0.3 is 0 Å². The van der Waals surface area contributed by atoms with Crippen LogP contribution in [-0.4, -0.2) is 4.98 Å². The molecule has 0 amide bonds. The molecule has 0 unspecified atom stereocenters. The lowest BCUT2D eigenvalue weighted by atomic mass is 9.67. The van der Waals surface area contributed by atoms with Gasteiger partial charge in [-0.1, -0.05) is 163 Å². The van der Waals surface area contributed by atoms with Crippen LogP contribution in [-0.2, 0) is 5.41 Å². The second-order valence-corrected chi connectivity index (χ2v) is 14.4. The first-order valence-corrected chi connectivity index (χ1v) is 18.2. The number of benzene rings is 7. The van der Waals surface area contributed by atoms with Crippen molar-refractivity contribution in [3.63, 3.8) is 0 Å². The van der Waals surface area contributed by atoms with E-state index in [4.69, 9.17) is 9.40 Å². The Morgan fingerprint density at radius 1 is 0.451 bits per heavy atom. The lowest BCUT2D eigenvalue weighted by Crippen LogP contribution is -2.31. The second-order valence-electron chi connectivity index (χ2n) is 13.4. The zero-order chi connectivity index (χ0) is 33.5. The summed E-state index contributed by atoms with van der Waals surface area (Å²) in [6.45, 7) is 0. The SMILES string of the molecule is c1ccc(-c2cc(-c3ccccc3)nc(-c3cccc4oc5c6c(ccc5c34)C3(c4ccccc4S6)c4ccccc4-c4ccccc43)c2)cc1. The van der Waals surface area contributed by atoms with Crippen LogP contribution in [0.2, 0.25) is 0 Å². The van der Waals surface area contributed by atoms with Crippen LogP contribution in [0.3, 0.4) is 0 Å². The maximum atomic E-state index is 6.99. The number of furan rings is 1. The molecule has 11 rings (SSSR count). The average molecular weight is 668 g/mol. The summed E-state index contributed by atoms with van der Waals surface area (Å²) in [4.78, 5) is 7.75. The fourth-order valence-corrected chi connectivity index (χ4v) is 9.91. The van der Waals surface area contributed by atoms with Gasteiger partial charge in [-0.15, -0.1) is 0 Å². The van der Waals surface area contributed by atoms with E-state index in [0.717, 1.165) is 55.6 Å². The summed E-state index contributed by atoms with van der Waals surface area (Å²) in [6, 6.07) is 63.3. The largest absolute Gasteiger partial charge is 0.455 e. The van der Waals surface area contributed by atoms with Crippen LogP contribution in [0.4, 0.5) is 0 Å². The van der Waals surface area contributed by atoms with Crippen LogP contribution in [0.25, 0.3) is 66.7 Å². The number of hydrogen-bond donors (Lipinski definition) is 0. The van der Waals surface area contributed by atoms with Crippen molar-refractivity contribution < 1.29 is 4.42 Å². The number of rotatable bonds is 3. The smallest absolute Gasteiger partial charge is 0.149 e. The van der Waals surface area contributed by atoms with Crippen molar-refractivity contribution in [1.82, 2.24) is 4.98 Å². The van der Waals surface area contributed by atoms with E-state index in [1.165, 1.54) is 43.2 Å². The lowest BCUT2D eigenvalue weighted by Gasteiger charge is -2.39. The molecule has 1 aliphatic heterocycles. The molecule has 1 spiro atoms. The zero-order valence-electron chi connectivity index (χ0n) is 27.5. The number of aromatic nitrogens is 1. The first-order valence-electron chi connectivity index (χ1n) is 17.4. The van der Waals surface area contributed by atoms with E-state index < -0.39 is 5.41 Å². The normalized spacial score (nSPS) is 13.6. The van der Waals surface area contributed by atoms with Gasteiger partial charge in [0, 0.05) is 26.8 Å². The van der Waals surface area contributed by atoms with Crippen LogP contribution >= 0.6 is 11.8 Å². The number of pyridine rings is 1. The Morgan fingerprint density at radius 3 is 1.80 bits per heavy atom. The van der Waals surface area contributed by atoms with Crippen molar-refractivity contribution in [3.05, 3.63) is 198 Å². The fraction of sp³-hybridized carbons (Fsp3) is 0.0208. The topological polar surface area (TPSA) is 26.0 Å². The van der Waals surface area contributed by atoms with Crippen molar-refractivity contribution in [2.24, 2.45) is 0 Å². The quantitative estimate of drug-likeness (QED) is 0.188. The van der Waals surface area contributed by atoms with Gasteiger partial charge in [0.05, 0.1) is 21.7 Å². The van der Waals surface area contributed by atoms with Gasteiger partial charge in [-0.3, -0.25) is 0 Å². The highest BCUT2D eigenvalue weighted by Crippen LogP contribution is 2.63. The molecule has 0 atom stereocenters. The maximum Gasteiger partial charge on any atom is 0.149 e. The van der Waals surface area contributed by atoms with Gasteiger partial charge < -0.3 is 4.42 Å². The molecular formula is C48H29NOS. The molecule has 2 aliphatic rings. The highest BCUT2D eigenvalue weighted by molar-refractivity contribution is 7.99. The molecule has 0 radical (unpaired) electrons. The van der Waals surface area contributed by atoms with E-state index in [-0.39, 0.29) is 0 Å². The third-order valence-corrected chi connectivity index (χ3v) is 11.9. The molecule has 3 heteroatoms. The molecule has 3 heterocycles. The molecular weight excluding hydrogens is 639 g/mol. The third kappa shape index (κ3) is 4.04. The number of hydrogen-bond acceptors (Lipinski definition) is 3. The van der Waals surface area contributed by atoms with E-state index in [1.54, 1.807) is 0 Å². The van der Waals surface area contributed by atoms with Crippen LogP contribution in [0, 0.1) is 0 Å². The van der Waals surface area contributed by atoms with E-state index in [1.807, 2.05) is 17.8 Å². The Kier molecular flexibility index (Phi) is 6.14. The van der Waals surface area contributed by atoms with Crippen molar-refractivity contribution in [2.45, 2.75) is 15.2 Å². The van der Waals surface area contributed by atoms with E-state index in [2.05, 4.69) is 170 Å². The average Bonchev–Trinajstić information content (AvgIpc) is 3.73. The van der Waals surface area contributed by atoms with Crippen molar-refractivity contribution in [3.8, 4) is 44.8 Å². The summed E-state index contributed by atoms with van der Waals surface area (Å²) < 4.78 is 6.99. The molecule has 0 bridgehead atoms. The van der Waals surface area contributed by atoms with E-state index in [0.29, 0.717) is 0 Å². The van der Waals surface area contributed by atoms with E-state index in [9.17, 15) is 0 Å². The first kappa shape index (κ1) is 28.7. The van der Waals surface area contributed by atoms with Gasteiger partial charge in [-0.2, -0.15) is 0 Å². The highest BCUT2D eigenvalue weighted by Gasteiger charge is 2.50. The molecule has 2 aromatic heterocycles. The Balaban J connectivity index is 1.19. The Bertz CT molecular complexity index is 2730. The minimum absolute atomic E-state index is 0.448. The lowest BCUT2D eigenvalue weighted by molar-refractivity contribution is 0.649. The number of fused-ring (bicyclic) bond motifs is 13. The molecule has 7 aromatic carbocycles. The molecule has 51 heavy (non-hydrogen) atoms. The molecule has 1 aliphatic carbocycles. The monoisotopic (exact) mass is 667 g/mol. The van der Waals surface area contributed by atoms with Gasteiger partial charge in [-0.05, 0) is 68.8 Å². The molecule has 0 saturated carbocycles. The predicted molar refractivity (Wildman–Crippen MR) is 209 cm³/mol. The summed E-state index contributed by atoms with van der Waals surface area (Å²) in [6.07, 6.45) is 0. The first-order chi connectivity index (χ1) is 25.3. The Labute approximate surface area is 300 Å². The summed E-state index contributed by atoms with van der Waals surface area (Å²) in [5.74, 6) is 0. The zero-order valence-corrected chi connectivity index (χ0v) is 28.3. The standard InChI is InChI=1S/C48H29NOS/c1-3-14-30(15-4-1)32-28-41(31-16-5-2-6-17-31)49-42(29-32)35-20-13-24-43-45(35)36-26-27-40-47(46(36)50-43)51-44-25-12-11-23-39(44)48(40)37-21-9-7-18-33(37)34-19-8-10-22-38(34)48/h1-29H. The van der Waals surface area contributed by atoms with Gasteiger partial charge in [0.2, 0.25) is 0 Å². The van der Waals surface area contributed by atoms with Crippen molar-refractivity contribution in [2.75, 3.05) is 0 Å². The van der Waals surface area contributed by atoms with Gasteiger partial charge in [-0.25, -0.2) is 4.98 Å². The van der Waals surface area contributed by atoms with E-state index >= 15 is 0 Å². The van der Waals surface area contributed by atoms with Crippen molar-refractivity contribution >= 4 is 33.7 Å². The Morgan fingerprint density at radius 2 is 1.06 bits per heavy atom. The number of nitrogens with zero attached hydrogens (tertiary/aromatic N) is 1. The summed E-state index contributed by atoms with van der Waals surface area (Å²) in [7, 11) is 0. The molecule has 9 aromatic rings. The molecule has 2 nitrogen and oxygen atoms in total. The Hall–Kier alpha value is -6.16. The summed E-state index contributed by atoms with van der Waals surface area (Å²) in [5.41, 5.74) is 15.5. The fourth-order valence-electron chi connectivity index (χ4n) is 8.63. The highest BCUT2D eigenvalue weighted by atomic mass is 32.2. The van der Waals surface area contributed by atoms with Gasteiger partial charge in [0.1, 0.15) is 11.2 Å². The third-order valence-electron chi connectivity index (χ3n) is 10.8. The second kappa shape index (κ2) is 10.9. The minimum Gasteiger partial charge on any atom is -0.455 e. The van der Waals surface area contributed by atoms with Gasteiger partial charge in [0.15, 0.2) is 0 Å². The van der Waals surface area contributed by atoms with Crippen LogP contribution in [0.1, 0.15) is 22.3 Å². The van der Waals surface area contributed by atoms with Crippen LogP contribution in [0.15, 0.2) is 190 Å². The summed E-state index contributed by atoms with van der Waals surface area (Å²) in [5, 5.41) is 2.20. The van der Waals surface area contributed by atoms with Crippen molar-refractivity contribution in [1.29, 1.82) is 0 Å². The van der Waals surface area contributed by atoms with Gasteiger partial charge in [0.25, 0.3) is 0 Å².